The summed E-state index contributed by atoms with van der Waals surface area (Å²) in [6.45, 7) is 0. The SMILES string of the molecule is [B].[Co].[Cr].[Pt].[Re].[Tb]. The van der Waals surface area contributed by atoms with E-state index in [2.05, 4.69) is 0 Å². The van der Waals surface area contributed by atoms with Crippen LogP contribution >= 0.6 is 0 Å². The Morgan fingerprint density at radius 2 is 1.00 bits per heavy atom. The molecule has 0 aromatic carbocycles. The van der Waals surface area contributed by atoms with Crippen molar-refractivity contribution in [2.75, 3.05) is 0 Å². The van der Waals surface area contributed by atoms with Gasteiger partial charge in [-0.25, -0.2) is 0 Å². The van der Waals surface area contributed by atoms with Crippen molar-refractivity contribution in [2.45, 2.75) is 0 Å². The largest absolute Gasteiger partial charge is 0 e. The molecule has 0 unspecified atom stereocenters. The molecule has 0 bridgehead atoms. The minimum Gasteiger partial charge on any atom is 0 e. The smallest absolute Gasteiger partial charge is 0 e. The van der Waals surface area contributed by atoms with Crippen molar-refractivity contribution in [3.63, 3.8) is 0 Å². The maximum Gasteiger partial charge on any atom is 0 e. The molecule has 0 saturated heterocycles. The molecule has 0 nitrogen and oxygen atoms in total. The van der Waals surface area contributed by atoms with Crippen molar-refractivity contribution in [1.29, 1.82) is 0 Å². The monoisotopic (exact) mass is 663 g/mol. The quantitative estimate of drug-likeness (QED) is 0.311. The van der Waals surface area contributed by atoms with Gasteiger partial charge in [0.25, 0.3) is 0 Å². The van der Waals surface area contributed by atoms with Gasteiger partial charge < -0.3 is 0 Å². The first-order chi connectivity index (χ1) is 0. The van der Waals surface area contributed by atoms with Crippen LogP contribution in [0.1, 0.15) is 0 Å². The summed E-state index contributed by atoms with van der Waals surface area (Å²) in [6, 6.07) is 0. The van der Waals surface area contributed by atoms with E-state index in [9.17, 15) is 0 Å². The topological polar surface area (TPSA) is 0 Å². The van der Waals surface area contributed by atoms with Crippen molar-refractivity contribution in [3.8, 4) is 0 Å². The third-order valence-corrected chi connectivity index (χ3v) is 0. The molecule has 0 aliphatic rings. The minimum absolute atomic E-state index is 0. The maximum atomic E-state index is 0. The average molecular weight is 662 g/mol. The fourth-order valence-electron chi connectivity index (χ4n) is 0. The van der Waals surface area contributed by atoms with Crippen LogP contribution in [0.4, 0.5) is 0 Å². The zero-order valence-corrected chi connectivity index (χ0v) is 11.8. The summed E-state index contributed by atoms with van der Waals surface area (Å²) in [5.74, 6) is 0. The standard InChI is InChI=1S/B.Co.Cr.Pt.Re.Tb. The molecule has 0 aliphatic heterocycles. The second kappa shape index (κ2) is 37.4. The summed E-state index contributed by atoms with van der Waals surface area (Å²) in [5.41, 5.74) is 0. The van der Waals surface area contributed by atoms with Crippen molar-refractivity contribution in [3.05, 3.63) is 0 Å². The molecule has 0 rings (SSSR count). The average Bonchev–Trinajstić information content (AvgIpc) is 0. The van der Waals surface area contributed by atoms with Crippen LogP contribution in [-0.2, 0) is 75.6 Å². The Bertz CT molecular complexity index is 15.5. The summed E-state index contributed by atoms with van der Waals surface area (Å²) in [4.78, 5) is 0. The van der Waals surface area contributed by atoms with Crippen molar-refractivity contribution < 1.29 is 114 Å². The number of rotatable bonds is 0. The van der Waals surface area contributed by atoms with Gasteiger partial charge in [-0.3, -0.25) is 0 Å². The van der Waals surface area contributed by atoms with E-state index >= 15 is 0 Å². The predicted molar refractivity (Wildman–Crippen MR) is 5.75 cm³/mol. The zero-order chi connectivity index (χ0) is 0. The van der Waals surface area contributed by atoms with Crippen molar-refractivity contribution in [1.82, 2.24) is 0 Å². The van der Waals surface area contributed by atoms with E-state index < -0.39 is 0 Å². The molecule has 44 valence electrons. The normalized spacial score (nSPS) is 0. The van der Waals surface area contributed by atoms with Gasteiger partial charge in [-0.05, 0) is 0 Å². The first kappa shape index (κ1) is 53.2. The Morgan fingerprint density at radius 3 is 1.00 bits per heavy atom. The Morgan fingerprint density at radius 1 is 1.00 bits per heavy atom. The van der Waals surface area contributed by atoms with Crippen LogP contribution in [0.3, 0.4) is 0 Å². The first-order valence-electron chi connectivity index (χ1n) is 0. The van der Waals surface area contributed by atoms with Gasteiger partial charge in [0.05, 0.1) is 0 Å². The van der Waals surface area contributed by atoms with E-state index in [1.807, 2.05) is 0 Å². The van der Waals surface area contributed by atoms with Crippen LogP contribution in [0.5, 0.6) is 0 Å². The van der Waals surface area contributed by atoms with Gasteiger partial charge >= 0.3 is 0 Å². The molecular formula is BCoCrPtReTb. The van der Waals surface area contributed by atoms with Gasteiger partial charge in [-0.15, -0.1) is 0 Å². The first-order valence-corrected chi connectivity index (χ1v) is 0. The second-order valence-corrected chi connectivity index (χ2v) is 0. The van der Waals surface area contributed by atoms with Crippen LogP contribution in [0.15, 0.2) is 0 Å². The number of hydrogen-bond acceptors (Lipinski definition) is 0. The molecule has 0 fully saturated rings. The molecule has 0 heterocycles. The van der Waals surface area contributed by atoms with Crippen LogP contribution in [-0.4, -0.2) is 8.41 Å². The van der Waals surface area contributed by atoms with Crippen LogP contribution in [0.25, 0.3) is 0 Å². The molecule has 0 atom stereocenters. The molecule has 0 spiro atoms. The second-order valence-electron chi connectivity index (χ2n) is 0. The molecule has 0 saturated carbocycles. The molecular weight excluding hydrogens is 662 g/mol. The van der Waals surface area contributed by atoms with E-state index in [4.69, 9.17) is 0 Å². The molecule has 0 aliphatic carbocycles. The van der Waals surface area contributed by atoms with Crippen molar-refractivity contribution in [2.24, 2.45) is 0 Å². The van der Waals surface area contributed by atoms with Gasteiger partial charge in [-0.2, -0.15) is 0 Å². The van der Waals surface area contributed by atoms with E-state index in [0.29, 0.717) is 0 Å². The predicted octanol–water partition coefficient (Wildman–Crippen LogP) is -0.391. The van der Waals surface area contributed by atoms with Crippen LogP contribution in [0.2, 0.25) is 0 Å². The molecule has 0 amide bonds. The third kappa shape index (κ3) is 25.1. The molecule has 0 aromatic rings. The summed E-state index contributed by atoms with van der Waals surface area (Å²) in [7, 11) is 0. The summed E-state index contributed by atoms with van der Waals surface area (Å²) < 4.78 is 0. The van der Waals surface area contributed by atoms with Gasteiger partial charge in [0, 0.05) is 123 Å². The molecule has 6 heteroatoms. The molecule has 6 heavy (non-hydrogen) atoms. The number of hydrogen-bond donors (Lipinski definition) is 0. The summed E-state index contributed by atoms with van der Waals surface area (Å²) in [5, 5.41) is 0. The van der Waals surface area contributed by atoms with Crippen LogP contribution < -0.4 is 0 Å². The van der Waals surface area contributed by atoms with Crippen LogP contribution in [0, 0.1) is 38.6 Å². The van der Waals surface area contributed by atoms with E-state index in [-0.39, 0.29) is 123 Å². The Labute approximate surface area is 120 Å². The van der Waals surface area contributed by atoms with Gasteiger partial charge in [0.2, 0.25) is 0 Å². The van der Waals surface area contributed by atoms with Gasteiger partial charge in [0.1, 0.15) is 0 Å². The molecule has 6 radical (unpaired) electrons. The third-order valence-electron chi connectivity index (χ3n) is 0. The molecule has 0 N–H and O–H groups in total. The van der Waals surface area contributed by atoms with Gasteiger partial charge in [0.15, 0.2) is 0 Å². The fourth-order valence-corrected chi connectivity index (χ4v) is 0. The van der Waals surface area contributed by atoms with Crippen molar-refractivity contribution >= 4 is 8.41 Å². The Kier molecular flexibility index (Phi) is 332. The minimum atomic E-state index is 0. The Balaban J connectivity index is 0. The summed E-state index contributed by atoms with van der Waals surface area (Å²) >= 11 is 0. The molecule has 0 aromatic heterocycles. The van der Waals surface area contributed by atoms with E-state index in [1.54, 1.807) is 0 Å². The van der Waals surface area contributed by atoms with E-state index in [1.165, 1.54) is 0 Å². The summed E-state index contributed by atoms with van der Waals surface area (Å²) in [6.07, 6.45) is 0. The van der Waals surface area contributed by atoms with Gasteiger partial charge in [-0.1, -0.05) is 0 Å². The van der Waals surface area contributed by atoms with E-state index in [0.717, 1.165) is 0 Å². The zero-order valence-electron chi connectivity index (χ0n) is 2.35. The maximum absolute atomic E-state index is 0. The fraction of sp³-hybridized carbons (Fsp3) is 0. The Hall–Kier alpha value is 3.74.